The smallest absolute Gasteiger partial charge is 0.237 e. The van der Waals surface area contributed by atoms with Gasteiger partial charge in [-0.25, -0.2) is 4.98 Å². The van der Waals surface area contributed by atoms with Gasteiger partial charge in [0.25, 0.3) is 0 Å². The summed E-state index contributed by atoms with van der Waals surface area (Å²) in [6, 6.07) is 3.66. The molecular weight excluding hydrogens is 254 g/mol. The Morgan fingerprint density at radius 1 is 1.55 bits per heavy atom. The lowest BCUT2D eigenvalue weighted by Crippen LogP contribution is -2.48. The molecule has 0 bridgehead atoms. The number of hydrogen-bond acceptors (Lipinski definition) is 4. The molecule has 5 nitrogen and oxygen atoms in total. The number of methoxy groups -OCH3 is 1. The van der Waals surface area contributed by atoms with Crippen molar-refractivity contribution in [2.75, 3.05) is 13.7 Å². The van der Waals surface area contributed by atoms with E-state index in [1.165, 1.54) is 6.42 Å². The minimum atomic E-state index is -0.0556. The van der Waals surface area contributed by atoms with Crippen LogP contribution in [0.1, 0.15) is 31.7 Å². The lowest BCUT2D eigenvalue weighted by Gasteiger charge is -2.28. The van der Waals surface area contributed by atoms with Crippen LogP contribution in [-0.4, -0.2) is 30.6 Å². The molecule has 5 heteroatoms. The number of nitrogens with zero attached hydrogens (tertiary/aromatic N) is 1. The summed E-state index contributed by atoms with van der Waals surface area (Å²) in [4.78, 5) is 16.3. The summed E-state index contributed by atoms with van der Waals surface area (Å²) in [6.45, 7) is 3.62. The third-order valence-corrected chi connectivity index (χ3v) is 3.88. The van der Waals surface area contributed by atoms with Gasteiger partial charge in [0.15, 0.2) is 0 Å². The van der Waals surface area contributed by atoms with Crippen LogP contribution in [0.15, 0.2) is 18.3 Å². The topological polar surface area (TPSA) is 63.2 Å². The highest BCUT2D eigenvalue weighted by Gasteiger charge is 2.25. The number of nitrogens with one attached hydrogen (secondary N) is 2. The summed E-state index contributed by atoms with van der Waals surface area (Å²) >= 11 is 0. The van der Waals surface area contributed by atoms with Crippen molar-refractivity contribution in [3.05, 3.63) is 23.9 Å². The van der Waals surface area contributed by atoms with Crippen LogP contribution >= 0.6 is 0 Å². The molecule has 0 radical (unpaired) electrons. The van der Waals surface area contributed by atoms with E-state index < -0.39 is 0 Å². The molecule has 1 fully saturated rings. The maximum absolute atomic E-state index is 12.1. The second-order valence-corrected chi connectivity index (χ2v) is 5.23. The van der Waals surface area contributed by atoms with Gasteiger partial charge in [0, 0.05) is 18.8 Å². The van der Waals surface area contributed by atoms with Gasteiger partial charge in [-0.2, -0.15) is 0 Å². The number of aromatic nitrogens is 1. The highest BCUT2D eigenvalue weighted by Crippen LogP contribution is 2.19. The van der Waals surface area contributed by atoms with E-state index in [1.54, 1.807) is 19.4 Å². The molecule has 1 aromatic heterocycles. The Morgan fingerprint density at radius 3 is 3.05 bits per heavy atom. The molecule has 2 unspecified atom stereocenters. The number of ether oxygens (including phenoxy) is 1. The van der Waals surface area contributed by atoms with E-state index in [0.29, 0.717) is 18.3 Å². The first-order valence-electron chi connectivity index (χ1n) is 7.23. The van der Waals surface area contributed by atoms with Gasteiger partial charge in [-0.05, 0) is 30.9 Å². The predicted octanol–water partition coefficient (Wildman–Crippen LogP) is 1.48. The first-order valence-corrected chi connectivity index (χ1v) is 7.23. The Bertz CT molecular complexity index is 433. The van der Waals surface area contributed by atoms with Gasteiger partial charge >= 0.3 is 0 Å². The van der Waals surface area contributed by atoms with Crippen LogP contribution < -0.4 is 15.4 Å². The van der Waals surface area contributed by atoms with Gasteiger partial charge in [0.1, 0.15) is 0 Å². The van der Waals surface area contributed by atoms with Crippen LogP contribution in [0.2, 0.25) is 0 Å². The minimum absolute atomic E-state index is 0.0556. The van der Waals surface area contributed by atoms with Crippen LogP contribution in [0.5, 0.6) is 5.88 Å². The Morgan fingerprint density at radius 2 is 2.40 bits per heavy atom. The highest BCUT2D eigenvalue weighted by molar-refractivity contribution is 5.81. The summed E-state index contributed by atoms with van der Waals surface area (Å²) in [5, 5.41) is 6.26. The van der Waals surface area contributed by atoms with Gasteiger partial charge in [-0.3, -0.25) is 4.79 Å². The van der Waals surface area contributed by atoms with Crippen LogP contribution in [-0.2, 0) is 11.3 Å². The van der Waals surface area contributed by atoms with E-state index in [1.807, 2.05) is 6.07 Å². The Labute approximate surface area is 120 Å². The first-order chi connectivity index (χ1) is 9.72. The Kier molecular flexibility index (Phi) is 5.35. The minimum Gasteiger partial charge on any atom is -0.481 e. The normalized spacial score (nSPS) is 22.3. The summed E-state index contributed by atoms with van der Waals surface area (Å²) in [6.07, 6.45) is 4.97. The summed E-state index contributed by atoms with van der Waals surface area (Å²) in [5.41, 5.74) is 0.974. The molecular formula is C15H23N3O2. The average Bonchev–Trinajstić information content (AvgIpc) is 2.53. The molecule has 1 saturated heterocycles. The van der Waals surface area contributed by atoms with Crippen molar-refractivity contribution in [2.24, 2.45) is 5.92 Å². The molecule has 0 saturated carbocycles. The van der Waals surface area contributed by atoms with Crippen molar-refractivity contribution in [3.8, 4) is 5.88 Å². The molecule has 2 rings (SSSR count). The van der Waals surface area contributed by atoms with Crippen molar-refractivity contribution in [3.63, 3.8) is 0 Å². The maximum Gasteiger partial charge on any atom is 0.237 e. The molecule has 2 N–H and O–H groups in total. The second kappa shape index (κ2) is 7.24. The molecule has 1 aliphatic heterocycles. The van der Waals surface area contributed by atoms with Crippen LogP contribution in [0.4, 0.5) is 0 Å². The molecule has 2 atom stereocenters. The Balaban J connectivity index is 1.81. The zero-order valence-corrected chi connectivity index (χ0v) is 12.2. The van der Waals surface area contributed by atoms with Gasteiger partial charge in [0.05, 0.1) is 13.2 Å². The lowest BCUT2D eigenvalue weighted by atomic mass is 9.90. The van der Waals surface area contributed by atoms with Crippen LogP contribution in [0.3, 0.4) is 0 Å². The molecule has 0 aliphatic carbocycles. The molecule has 1 aliphatic rings. The van der Waals surface area contributed by atoms with E-state index in [-0.39, 0.29) is 11.9 Å². The summed E-state index contributed by atoms with van der Waals surface area (Å²) < 4.78 is 5.01. The molecule has 20 heavy (non-hydrogen) atoms. The molecule has 1 amide bonds. The highest BCUT2D eigenvalue weighted by atomic mass is 16.5. The molecule has 0 spiro atoms. The molecule has 1 aromatic rings. The summed E-state index contributed by atoms with van der Waals surface area (Å²) in [7, 11) is 1.59. The maximum atomic E-state index is 12.1. The van der Waals surface area contributed by atoms with E-state index in [4.69, 9.17) is 4.74 Å². The predicted molar refractivity (Wildman–Crippen MR) is 77.4 cm³/mol. The van der Waals surface area contributed by atoms with Gasteiger partial charge in [-0.15, -0.1) is 0 Å². The van der Waals surface area contributed by atoms with Gasteiger partial charge in [-0.1, -0.05) is 19.4 Å². The average molecular weight is 277 g/mol. The molecule has 2 heterocycles. The van der Waals surface area contributed by atoms with Crippen LogP contribution in [0, 0.1) is 5.92 Å². The van der Waals surface area contributed by atoms with Gasteiger partial charge in [0.2, 0.25) is 11.8 Å². The van der Waals surface area contributed by atoms with E-state index in [9.17, 15) is 4.79 Å². The fourth-order valence-electron chi connectivity index (χ4n) is 2.52. The summed E-state index contributed by atoms with van der Waals surface area (Å²) in [5.74, 6) is 1.33. The third-order valence-electron chi connectivity index (χ3n) is 3.88. The molecule has 0 aromatic carbocycles. The van der Waals surface area contributed by atoms with Crippen molar-refractivity contribution in [2.45, 2.75) is 38.8 Å². The third kappa shape index (κ3) is 3.93. The number of carbonyl (C=O) groups excluding carboxylic acids is 1. The van der Waals surface area contributed by atoms with Crippen LogP contribution in [0.25, 0.3) is 0 Å². The zero-order valence-electron chi connectivity index (χ0n) is 12.2. The standard InChI is InChI=1S/C15H23N3O2/c1-3-11-6-7-16-13(8-11)15(19)18-10-12-4-5-14(20-2)17-9-12/h4-5,9,11,13,16H,3,6-8,10H2,1-2H3,(H,18,19). The first kappa shape index (κ1) is 14.8. The largest absolute Gasteiger partial charge is 0.481 e. The number of carbonyl (C=O) groups is 1. The second-order valence-electron chi connectivity index (χ2n) is 5.23. The monoisotopic (exact) mass is 277 g/mol. The van der Waals surface area contributed by atoms with Crippen molar-refractivity contribution in [1.82, 2.24) is 15.6 Å². The Hall–Kier alpha value is -1.62. The van der Waals surface area contributed by atoms with E-state index >= 15 is 0 Å². The van der Waals surface area contributed by atoms with Crippen molar-refractivity contribution < 1.29 is 9.53 Å². The molecule has 110 valence electrons. The SMILES string of the molecule is CCC1CCNC(C(=O)NCc2ccc(OC)nc2)C1. The van der Waals surface area contributed by atoms with E-state index in [0.717, 1.165) is 24.9 Å². The fourth-order valence-corrected chi connectivity index (χ4v) is 2.52. The number of pyridine rings is 1. The number of amides is 1. The lowest BCUT2D eigenvalue weighted by molar-refractivity contribution is -0.124. The quantitative estimate of drug-likeness (QED) is 0.856. The number of rotatable bonds is 5. The number of hydrogen-bond donors (Lipinski definition) is 2. The van der Waals surface area contributed by atoms with Crippen molar-refractivity contribution in [1.29, 1.82) is 0 Å². The van der Waals surface area contributed by atoms with Crippen molar-refractivity contribution >= 4 is 5.91 Å². The van der Waals surface area contributed by atoms with Gasteiger partial charge < -0.3 is 15.4 Å². The van der Waals surface area contributed by atoms with E-state index in [2.05, 4.69) is 22.5 Å². The zero-order chi connectivity index (χ0) is 14.4. The number of piperidine rings is 1. The fraction of sp³-hybridized carbons (Fsp3) is 0.600.